The predicted octanol–water partition coefficient (Wildman–Crippen LogP) is 2.93. The Hall–Kier alpha value is -3.02. The van der Waals surface area contributed by atoms with Crippen molar-refractivity contribution in [3.05, 3.63) is 65.7 Å². The van der Waals surface area contributed by atoms with Crippen LogP contribution < -0.4 is 15.4 Å². The van der Waals surface area contributed by atoms with Crippen LogP contribution in [-0.4, -0.2) is 23.1 Å². The standard InChI is InChI=1S/C19H22N2O4/c1-14(11-18(22)23)21-19(24)20-12-16-9-5-6-10-17(16)25-13-15-7-3-2-4-8-15/h2-10,14H,11-13H2,1H3,(H,22,23)(H2,20,21,24)/t14-/m1/s1. The molecule has 0 bridgehead atoms. The number of carbonyl (C=O) groups excluding carboxylic acids is 1. The van der Waals surface area contributed by atoms with Gasteiger partial charge in [-0.3, -0.25) is 4.79 Å². The number of amides is 2. The predicted molar refractivity (Wildman–Crippen MR) is 94.3 cm³/mol. The largest absolute Gasteiger partial charge is 0.489 e. The number of carboxylic acids is 1. The van der Waals surface area contributed by atoms with Crippen molar-refractivity contribution in [1.82, 2.24) is 10.6 Å². The highest BCUT2D eigenvalue weighted by Gasteiger charge is 2.11. The average molecular weight is 342 g/mol. The van der Waals surface area contributed by atoms with Crippen molar-refractivity contribution in [1.29, 1.82) is 0 Å². The molecule has 0 saturated heterocycles. The molecular weight excluding hydrogens is 320 g/mol. The maximum Gasteiger partial charge on any atom is 0.315 e. The number of urea groups is 1. The number of benzene rings is 2. The summed E-state index contributed by atoms with van der Waals surface area (Å²) >= 11 is 0. The molecule has 1 atom stereocenters. The van der Waals surface area contributed by atoms with Crippen LogP contribution in [0.2, 0.25) is 0 Å². The van der Waals surface area contributed by atoms with Crippen LogP contribution in [0.4, 0.5) is 4.79 Å². The van der Waals surface area contributed by atoms with Crippen molar-refractivity contribution in [3.8, 4) is 5.75 Å². The summed E-state index contributed by atoms with van der Waals surface area (Å²) in [4.78, 5) is 22.5. The number of carboxylic acid groups (broad SMARTS) is 1. The molecule has 0 aromatic heterocycles. The molecule has 0 radical (unpaired) electrons. The number of nitrogens with one attached hydrogen (secondary N) is 2. The third kappa shape index (κ3) is 6.55. The zero-order valence-corrected chi connectivity index (χ0v) is 14.1. The maximum atomic E-state index is 11.8. The minimum Gasteiger partial charge on any atom is -0.489 e. The SMILES string of the molecule is C[C@H](CC(=O)O)NC(=O)NCc1ccccc1OCc1ccccc1. The third-order valence-corrected chi connectivity index (χ3v) is 3.51. The third-order valence-electron chi connectivity index (χ3n) is 3.51. The lowest BCUT2D eigenvalue weighted by atomic mass is 10.2. The molecule has 0 unspecified atom stereocenters. The lowest BCUT2D eigenvalue weighted by Crippen LogP contribution is -2.41. The number of ether oxygens (including phenoxy) is 1. The molecule has 132 valence electrons. The topological polar surface area (TPSA) is 87.7 Å². The first-order valence-electron chi connectivity index (χ1n) is 8.05. The van der Waals surface area contributed by atoms with Crippen molar-refractivity contribution in [2.24, 2.45) is 0 Å². The van der Waals surface area contributed by atoms with Crippen LogP contribution in [0, 0.1) is 0 Å². The van der Waals surface area contributed by atoms with Crippen molar-refractivity contribution in [3.63, 3.8) is 0 Å². The van der Waals surface area contributed by atoms with E-state index in [2.05, 4.69) is 10.6 Å². The highest BCUT2D eigenvalue weighted by Crippen LogP contribution is 2.19. The molecule has 6 heteroatoms. The van der Waals surface area contributed by atoms with E-state index in [0.29, 0.717) is 12.4 Å². The fourth-order valence-corrected chi connectivity index (χ4v) is 2.29. The van der Waals surface area contributed by atoms with Gasteiger partial charge in [-0.2, -0.15) is 0 Å². The highest BCUT2D eigenvalue weighted by atomic mass is 16.5. The lowest BCUT2D eigenvalue weighted by molar-refractivity contribution is -0.137. The van der Waals surface area contributed by atoms with Crippen LogP contribution in [0.25, 0.3) is 0 Å². The van der Waals surface area contributed by atoms with Crippen molar-refractivity contribution < 1.29 is 19.4 Å². The van der Waals surface area contributed by atoms with Gasteiger partial charge in [-0.1, -0.05) is 48.5 Å². The maximum absolute atomic E-state index is 11.8. The Morgan fingerprint density at radius 1 is 1.08 bits per heavy atom. The minimum atomic E-state index is -0.951. The first-order valence-corrected chi connectivity index (χ1v) is 8.05. The van der Waals surface area contributed by atoms with E-state index in [1.54, 1.807) is 6.92 Å². The normalized spacial score (nSPS) is 11.4. The second kappa shape index (κ2) is 9.32. The van der Waals surface area contributed by atoms with Crippen LogP contribution in [0.15, 0.2) is 54.6 Å². The van der Waals surface area contributed by atoms with E-state index >= 15 is 0 Å². The summed E-state index contributed by atoms with van der Waals surface area (Å²) in [7, 11) is 0. The fourth-order valence-electron chi connectivity index (χ4n) is 2.29. The Bertz CT molecular complexity index is 704. The molecule has 0 fully saturated rings. The Balaban J connectivity index is 1.87. The first kappa shape index (κ1) is 18.3. The van der Waals surface area contributed by atoms with Crippen LogP contribution in [0.5, 0.6) is 5.75 Å². The van der Waals surface area contributed by atoms with Gasteiger partial charge in [-0.05, 0) is 18.6 Å². The number of rotatable bonds is 8. The summed E-state index contributed by atoms with van der Waals surface area (Å²) in [5, 5.41) is 14.0. The van der Waals surface area contributed by atoms with Crippen molar-refractivity contribution in [2.45, 2.75) is 32.5 Å². The molecule has 0 saturated carbocycles. The summed E-state index contributed by atoms with van der Waals surface area (Å²) in [5.74, 6) is -0.252. The second-order valence-corrected chi connectivity index (χ2v) is 5.71. The molecule has 2 aromatic carbocycles. The van der Waals surface area contributed by atoms with E-state index in [1.165, 1.54) is 0 Å². The molecule has 2 amide bonds. The Kier molecular flexibility index (Phi) is 6.83. The molecule has 25 heavy (non-hydrogen) atoms. The van der Waals surface area contributed by atoms with Gasteiger partial charge in [0.15, 0.2) is 0 Å². The second-order valence-electron chi connectivity index (χ2n) is 5.71. The molecule has 3 N–H and O–H groups in total. The molecule has 2 rings (SSSR count). The van der Waals surface area contributed by atoms with Gasteiger partial charge in [0.2, 0.25) is 0 Å². The van der Waals surface area contributed by atoms with E-state index in [0.717, 1.165) is 11.1 Å². The number of aliphatic carboxylic acids is 1. The summed E-state index contributed by atoms with van der Waals surface area (Å²) in [6, 6.07) is 16.4. The lowest BCUT2D eigenvalue weighted by Gasteiger charge is -2.15. The zero-order chi connectivity index (χ0) is 18.1. The molecule has 2 aromatic rings. The molecule has 0 aliphatic heterocycles. The van der Waals surface area contributed by atoms with E-state index in [4.69, 9.17) is 9.84 Å². The van der Waals surface area contributed by atoms with Gasteiger partial charge < -0.3 is 20.5 Å². The van der Waals surface area contributed by atoms with E-state index in [-0.39, 0.29) is 13.0 Å². The van der Waals surface area contributed by atoms with E-state index < -0.39 is 18.0 Å². The first-order chi connectivity index (χ1) is 12.0. The van der Waals surface area contributed by atoms with Gasteiger partial charge in [0, 0.05) is 18.2 Å². The zero-order valence-electron chi connectivity index (χ0n) is 14.1. The van der Waals surface area contributed by atoms with E-state index in [9.17, 15) is 9.59 Å². The monoisotopic (exact) mass is 342 g/mol. The molecule has 0 spiro atoms. The fraction of sp³-hybridized carbons (Fsp3) is 0.263. The summed E-state index contributed by atoms with van der Waals surface area (Å²) in [5.41, 5.74) is 1.91. The summed E-state index contributed by atoms with van der Waals surface area (Å²) in [6.07, 6.45) is -0.121. The minimum absolute atomic E-state index is 0.121. The van der Waals surface area contributed by atoms with Gasteiger partial charge in [0.25, 0.3) is 0 Å². The Morgan fingerprint density at radius 2 is 1.76 bits per heavy atom. The van der Waals surface area contributed by atoms with Crippen molar-refractivity contribution >= 4 is 12.0 Å². The molecule has 0 heterocycles. The number of hydrogen-bond acceptors (Lipinski definition) is 3. The molecule has 6 nitrogen and oxygen atoms in total. The van der Waals surface area contributed by atoms with Gasteiger partial charge >= 0.3 is 12.0 Å². The van der Waals surface area contributed by atoms with Crippen LogP contribution in [0.3, 0.4) is 0 Å². The van der Waals surface area contributed by atoms with Gasteiger partial charge in [-0.25, -0.2) is 4.79 Å². The number of hydrogen-bond donors (Lipinski definition) is 3. The summed E-state index contributed by atoms with van der Waals surface area (Å²) < 4.78 is 5.84. The smallest absolute Gasteiger partial charge is 0.315 e. The van der Waals surface area contributed by atoms with Gasteiger partial charge in [0.05, 0.1) is 6.42 Å². The van der Waals surface area contributed by atoms with Gasteiger partial charge in [-0.15, -0.1) is 0 Å². The number of carbonyl (C=O) groups is 2. The quantitative estimate of drug-likeness (QED) is 0.688. The average Bonchev–Trinajstić information content (AvgIpc) is 2.59. The Labute approximate surface area is 146 Å². The molecule has 0 aliphatic carbocycles. The Morgan fingerprint density at radius 3 is 2.48 bits per heavy atom. The van der Waals surface area contributed by atoms with E-state index in [1.807, 2.05) is 54.6 Å². The molecule has 0 aliphatic rings. The number of para-hydroxylation sites is 1. The molecular formula is C19H22N2O4. The van der Waals surface area contributed by atoms with Crippen LogP contribution in [-0.2, 0) is 17.9 Å². The van der Waals surface area contributed by atoms with Crippen molar-refractivity contribution in [2.75, 3.05) is 0 Å². The summed E-state index contributed by atoms with van der Waals surface area (Å²) in [6.45, 7) is 2.38. The highest BCUT2D eigenvalue weighted by molar-refractivity contribution is 5.75. The van der Waals surface area contributed by atoms with Crippen LogP contribution >= 0.6 is 0 Å². The van der Waals surface area contributed by atoms with Gasteiger partial charge in [0.1, 0.15) is 12.4 Å². The van der Waals surface area contributed by atoms with Crippen LogP contribution in [0.1, 0.15) is 24.5 Å².